The van der Waals surface area contributed by atoms with Crippen molar-refractivity contribution in [3.05, 3.63) is 5.21 Å². The van der Waals surface area contributed by atoms with Crippen molar-refractivity contribution in [1.82, 2.24) is 5.01 Å². The Labute approximate surface area is 103 Å². The molecule has 1 N–H and O–H groups in total. The standard InChI is InChI=1S/C11H25N3O3/c1-10(8-6-7-9-15)17-12-14(16)13(5)11(2,3)4/h10,15H,6-9H2,1-5H3/b14-12-. The van der Waals surface area contributed by atoms with E-state index in [9.17, 15) is 5.21 Å². The van der Waals surface area contributed by atoms with E-state index in [0.717, 1.165) is 19.3 Å². The zero-order valence-electron chi connectivity index (χ0n) is 11.5. The molecule has 0 radical (unpaired) electrons. The fourth-order valence-electron chi connectivity index (χ4n) is 1.03. The lowest BCUT2D eigenvalue weighted by Crippen LogP contribution is -2.42. The highest BCUT2D eigenvalue weighted by molar-refractivity contribution is 4.65. The van der Waals surface area contributed by atoms with Crippen LogP contribution >= 0.6 is 0 Å². The van der Waals surface area contributed by atoms with E-state index >= 15 is 0 Å². The van der Waals surface area contributed by atoms with Crippen molar-refractivity contribution < 1.29 is 14.9 Å². The van der Waals surface area contributed by atoms with Crippen molar-refractivity contribution in [3.63, 3.8) is 0 Å². The van der Waals surface area contributed by atoms with Gasteiger partial charge in [0.1, 0.15) is 6.10 Å². The maximum absolute atomic E-state index is 11.5. The van der Waals surface area contributed by atoms with E-state index < -0.39 is 0 Å². The van der Waals surface area contributed by atoms with Gasteiger partial charge in [-0.1, -0.05) is 0 Å². The third-order valence-corrected chi connectivity index (χ3v) is 2.54. The SMILES string of the molecule is CC(CCCCO)O/N=[N+](\[O-])N(C)C(C)(C)C. The summed E-state index contributed by atoms with van der Waals surface area (Å²) in [6.45, 7) is 7.78. The second-order valence-corrected chi connectivity index (χ2v) is 5.16. The third-order valence-electron chi connectivity index (χ3n) is 2.54. The van der Waals surface area contributed by atoms with Gasteiger partial charge in [-0.3, -0.25) is 0 Å². The van der Waals surface area contributed by atoms with Gasteiger partial charge in [-0.2, -0.15) is 0 Å². The fraction of sp³-hybridized carbons (Fsp3) is 1.00. The van der Waals surface area contributed by atoms with Crippen LogP contribution in [0, 0.1) is 5.21 Å². The van der Waals surface area contributed by atoms with Crippen molar-refractivity contribution >= 4 is 0 Å². The Morgan fingerprint density at radius 1 is 1.41 bits per heavy atom. The maximum Gasteiger partial charge on any atom is 0.233 e. The molecule has 0 saturated carbocycles. The molecule has 0 aliphatic heterocycles. The Hall–Kier alpha value is -1.04. The van der Waals surface area contributed by atoms with Gasteiger partial charge in [0.15, 0.2) is 0 Å². The number of aliphatic hydroxyl groups is 1. The smallest absolute Gasteiger partial charge is 0.233 e. The summed E-state index contributed by atoms with van der Waals surface area (Å²) in [7, 11) is 1.66. The molecule has 0 amide bonds. The van der Waals surface area contributed by atoms with Crippen LogP contribution in [-0.2, 0) is 4.84 Å². The minimum atomic E-state index is -0.297. The molecule has 0 bridgehead atoms. The minimum absolute atomic E-state index is 0.119. The number of unbranched alkanes of at least 4 members (excludes halogenated alkanes) is 1. The van der Waals surface area contributed by atoms with Crippen LogP contribution in [0.5, 0.6) is 0 Å². The van der Waals surface area contributed by atoms with E-state index in [4.69, 9.17) is 9.94 Å². The first-order chi connectivity index (χ1) is 7.79. The highest BCUT2D eigenvalue weighted by atomic mass is 16.7. The molecule has 1 atom stereocenters. The highest BCUT2D eigenvalue weighted by Crippen LogP contribution is 2.11. The number of aliphatic hydroxyl groups excluding tert-OH is 1. The van der Waals surface area contributed by atoms with E-state index in [1.165, 1.54) is 5.01 Å². The van der Waals surface area contributed by atoms with Crippen LogP contribution in [0.2, 0.25) is 0 Å². The molecule has 0 spiro atoms. The van der Waals surface area contributed by atoms with Crippen molar-refractivity contribution in [2.24, 2.45) is 5.28 Å². The van der Waals surface area contributed by atoms with Crippen molar-refractivity contribution in [2.75, 3.05) is 13.7 Å². The summed E-state index contributed by atoms with van der Waals surface area (Å²) in [4.78, 5) is 5.54. The van der Waals surface area contributed by atoms with E-state index in [-0.39, 0.29) is 18.2 Å². The van der Waals surface area contributed by atoms with Gasteiger partial charge < -0.3 is 15.2 Å². The van der Waals surface area contributed by atoms with Crippen LogP contribution in [0.1, 0.15) is 47.0 Å². The van der Waals surface area contributed by atoms with Gasteiger partial charge in [0.05, 0.1) is 17.6 Å². The van der Waals surface area contributed by atoms with Gasteiger partial charge in [-0.25, -0.2) is 0 Å². The lowest BCUT2D eigenvalue weighted by atomic mass is 10.1. The maximum atomic E-state index is 11.5. The monoisotopic (exact) mass is 247 g/mol. The molecular formula is C11H25N3O3. The quantitative estimate of drug-likeness (QED) is 0.323. The molecular weight excluding hydrogens is 222 g/mol. The average Bonchev–Trinajstić information content (AvgIpc) is 2.24. The molecule has 0 aliphatic carbocycles. The van der Waals surface area contributed by atoms with Crippen LogP contribution in [-0.4, -0.2) is 40.4 Å². The summed E-state index contributed by atoms with van der Waals surface area (Å²) >= 11 is 0. The number of hydrogen-bond donors (Lipinski definition) is 1. The van der Waals surface area contributed by atoms with Gasteiger partial charge in [0.2, 0.25) is 5.28 Å². The molecule has 6 nitrogen and oxygen atoms in total. The average molecular weight is 247 g/mol. The van der Waals surface area contributed by atoms with E-state index in [0.29, 0.717) is 4.97 Å². The Balaban J connectivity index is 4.05. The molecule has 17 heavy (non-hydrogen) atoms. The molecule has 0 aromatic heterocycles. The van der Waals surface area contributed by atoms with Crippen LogP contribution in [0.3, 0.4) is 0 Å². The molecule has 1 unspecified atom stereocenters. The van der Waals surface area contributed by atoms with Crippen LogP contribution in [0.4, 0.5) is 0 Å². The molecule has 0 saturated heterocycles. The lowest BCUT2D eigenvalue weighted by Gasteiger charge is -2.26. The van der Waals surface area contributed by atoms with Crippen LogP contribution < -0.4 is 0 Å². The fourth-order valence-corrected chi connectivity index (χ4v) is 1.03. The molecule has 0 rings (SSSR count). The summed E-state index contributed by atoms with van der Waals surface area (Å²) in [5, 5.41) is 25.1. The second-order valence-electron chi connectivity index (χ2n) is 5.16. The summed E-state index contributed by atoms with van der Waals surface area (Å²) in [6, 6.07) is 0. The summed E-state index contributed by atoms with van der Waals surface area (Å²) < 4.78 is 0. The first-order valence-electron chi connectivity index (χ1n) is 5.97. The van der Waals surface area contributed by atoms with Crippen molar-refractivity contribution in [3.8, 4) is 0 Å². The topological polar surface area (TPSA) is 71.1 Å². The molecule has 102 valence electrons. The van der Waals surface area contributed by atoms with E-state index in [1.54, 1.807) is 7.05 Å². The first kappa shape index (κ1) is 16.0. The van der Waals surface area contributed by atoms with Gasteiger partial charge >= 0.3 is 0 Å². The van der Waals surface area contributed by atoms with Gasteiger partial charge in [-0.15, -0.1) is 5.01 Å². The highest BCUT2D eigenvalue weighted by Gasteiger charge is 2.24. The Bertz CT molecular complexity index is 239. The van der Waals surface area contributed by atoms with E-state index in [2.05, 4.69) is 5.28 Å². The summed E-state index contributed by atoms with van der Waals surface area (Å²) in [5.74, 6) is 0. The van der Waals surface area contributed by atoms with Crippen LogP contribution in [0.25, 0.3) is 0 Å². The largest absolute Gasteiger partial charge is 0.569 e. The van der Waals surface area contributed by atoms with Gasteiger partial charge in [0, 0.05) is 6.61 Å². The van der Waals surface area contributed by atoms with Gasteiger partial charge in [-0.05, 0) is 47.0 Å². The predicted molar refractivity (Wildman–Crippen MR) is 65.1 cm³/mol. The molecule has 0 heterocycles. The zero-order valence-corrected chi connectivity index (χ0v) is 11.5. The number of hydrogen-bond acceptors (Lipinski definition) is 4. The van der Waals surface area contributed by atoms with Gasteiger partial charge in [0.25, 0.3) is 0 Å². The second kappa shape index (κ2) is 7.32. The zero-order chi connectivity index (χ0) is 13.5. The summed E-state index contributed by atoms with van der Waals surface area (Å²) in [6.07, 6.45) is 2.26. The minimum Gasteiger partial charge on any atom is -0.569 e. The Kier molecular flexibility index (Phi) is 6.87. The van der Waals surface area contributed by atoms with E-state index in [1.807, 2.05) is 27.7 Å². The molecule has 0 aliphatic rings. The number of hydrazine groups is 1. The molecule has 0 aromatic rings. The number of rotatable bonds is 7. The normalized spacial score (nSPS) is 14.6. The first-order valence-corrected chi connectivity index (χ1v) is 5.97. The Morgan fingerprint density at radius 2 is 2.00 bits per heavy atom. The van der Waals surface area contributed by atoms with Crippen LogP contribution in [0.15, 0.2) is 5.28 Å². The third kappa shape index (κ3) is 6.99. The van der Waals surface area contributed by atoms with Crippen molar-refractivity contribution in [2.45, 2.75) is 58.6 Å². The predicted octanol–water partition coefficient (Wildman–Crippen LogP) is 2.08. The Morgan fingerprint density at radius 3 is 2.47 bits per heavy atom. The molecule has 0 fully saturated rings. The lowest BCUT2D eigenvalue weighted by molar-refractivity contribution is -0.720. The molecule has 6 heteroatoms. The van der Waals surface area contributed by atoms with Crippen molar-refractivity contribution in [1.29, 1.82) is 0 Å². The molecule has 0 aromatic carbocycles. The number of nitrogens with zero attached hydrogens (tertiary/aromatic N) is 3. The summed E-state index contributed by atoms with van der Waals surface area (Å²) in [5.41, 5.74) is -0.297.